The van der Waals surface area contributed by atoms with Crippen molar-refractivity contribution in [3.05, 3.63) is 17.5 Å². The van der Waals surface area contributed by atoms with E-state index < -0.39 is 9.84 Å². The molecular weight excluding hydrogens is 228 g/mol. The van der Waals surface area contributed by atoms with Crippen molar-refractivity contribution >= 4 is 32.8 Å². The molecule has 1 rings (SSSR count). The van der Waals surface area contributed by atoms with Crippen LogP contribution in [-0.4, -0.2) is 20.1 Å². The molecule has 13 heavy (non-hydrogen) atoms. The molecule has 0 radical (unpaired) electrons. The molecule has 0 saturated carbocycles. The van der Waals surface area contributed by atoms with E-state index in [0.29, 0.717) is 10.1 Å². The van der Waals surface area contributed by atoms with Crippen molar-refractivity contribution in [3.8, 4) is 0 Å². The summed E-state index contributed by atoms with van der Waals surface area (Å²) in [5.74, 6) is 0.524. The maximum atomic E-state index is 11.6. The van der Waals surface area contributed by atoms with Crippen molar-refractivity contribution in [1.82, 2.24) is 0 Å². The smallest absolute Gasteiger partial charge is 0.188 e. The molecule has 0 bridgehead atoms. The molecule has 0 aliphatic rings. The molecule has 2 nitrogen and oxygen atoms in total. The van der Waals surface area contributed by atoms with Crippen molar-refractivity contribution in [2.75, 3.05) is 11.6 Å². The zero-order valence-corrected chi connectivity index (χ0v) is 9.62. The van der Waals surface area contributed by atoms with E-state index in [2.05, 4.69) is 0 Å². The summed E-state index contributed by atoms with van der Waals surface area (Å²) in [4.78, 5) is 0. The molecule has 0 saturated heterocycles. The maximum absolute atomic E-state index is 11.6. The van der Waals surface area contributed by atoms with Crippen LogP contribution in [-0.2, 0) is 9.84 Å². The van der Waals surface area contributed by atoms with E-state index in [1.807, 2.05) is 6.92 Å². The van der Waals surface area contributed by atoms with E-state index in [9.17, 15) is 8.42 Å². The topological polar surface area (TPSA) is 34.1 Å². The van der Waals surface area contributed by atoms with E-state index in [0.717, 1.165) is 0 Å². The predicted octanol–water partition coefficient (Wildman–Crippen LogP) is 2.40. The predicted molar refractivity (Wildman–Crippen MR) is 56.3 cm³/mol. The van der Waals surface area contributed by atoms with Gasteiger partial charge in [0.1, 0.15) is 4.21 Å². The van der Waals surface area contributed by atoms with Crippen LogP contribution in [0, 0.1) is 5.92 Å². The molecule has 1 unspecified atom stereocenters. The molecule has 0 fully saturated rings. The van der Waals surface area contributed by atoms with E-state index in [-0.39, 0.29) is 11.7 Å². The standard InChI is InChI=1S/C8H11ClO2S2/c1-7(5-9)6-13(10,11)8-3-2-4-12-8/h2-4,7H,5-6H2,1H3. The summed E-state index contributed by atoms with van der Waals surface area (Å²) in [6, 6.07) is 3.36. The Morgan fingerprint density at radius 1 is 1.62 bits per heavy atom. The Morgan fingerprint density at radius 2 is 2.31 bits per heavy atom. The Hall–Kier alpha value is -0.0600. The first-order chi connectivity index (χ1) is 6.06. The Morgan fingerprint density at radius 3 is 2.77 bits per heavy atom. The van der Waals surface area contributed by atoms with E-state index in [4.69, 9.17) is 11.6 Å². The summed E-state index contributed by atoms with van der Waals surface area (Å²) in [6.07, 6.45) is 0. The van der Waals surface area contributed by atoms with Crippen LogP contribution in [0.5, 0.6) is 0 Å². The van der Waals surface area contributed by atoms with Crippen LogP contribution in [0.25, 0.3) is 0 Å². The van der Waals surface area contributed by atoms with Gasteiger partial charge in [0, 0.05) is 5.88 Å². The number of halogens is 1. The Bertz CT molecular complexity index is 342. The van der Waals surface area contributed by atoms with E-state index in [1.165, 1.54) is 11.3 Å². The van der Waals surface area contributed by atoms with Gasteiger partial charge in [-0.1, -0.05) is 13.0 Å². The number of thiophene rings is 1. The lowest BCUT2D eigenvalue weighted by Crippen LogP contribution is -2.14. The minimum Gasteiger partial charge on any atom is -0.223 e. The Labute approximate surface area is 87.5 Å². The van der Waals surface area contributed by atoms with Crippen molar-refractivity contribution in [1.29, 1.82) is 0 Å². The Kier molecular flexibility index (Phi) is 3.76. The van der Waals surface area contributed by atoms with Gasteiger partial charge in [0.2, 0.25) is 0 Å². The average molecular weight is 239 g/mol. The maximum Gasteiger partial charge on any atom is 0.188 e. The molecular formula is C8H11ClO2S2. The highest BCUT2D eigenvalue weighted by atomic mass is 35.5. The van der Waals surface area contributed by atoms with Crippen LogP contribution in [0.15, 0.2) is 21.7 Å². The van der Waals surface area contributed by atoms with Crippen LogP contribution >= 0.6 is 22.9 Å². The molecule has 1 aromatic heterocycles. The van der Waals surface area contributed by atoms with E-state index >= 15 is 0 Å². The highest BCUT2D eigenvalue weighted by Gasteiger charge is 2.18. The molecule has 1 aromatic rings. The summed E-state index contributed by atoms with van der Waals surface area (Å²) in [6.45, 7) is 1.83. The monoisotopic (exact) mass is 238 g/mol. The zero-order chi connectivity index (χ0) is 9.90. The van der Waals surface area contributed by atoms with Crippen molar-refractivity contribution < 1.29 is 8.42 Å². The lowest BCUT2D eigenvalue weighted by Gasteiger charge is -2.06. The summed E-state index contributed by atoms with van der Waals surface area (Å²) in [5.41, 5.74) is 0. The molecule has 0 aliphatic carbocycles. The third-order valence-corrected chi connectivity index (χ3v) is 5.56. The van der Waals surface area contributed by atoms with Gasteiger partial charge in [-0.2, -0.15) is 0 Å². The van der Waals surface area contributed by atoms with Gasteiger partial charge in [-0.25, -0.2) is 8.42 Å². The van der Waals surface area contributed by atoms with Crippen LogP contribution in [0.1, 0.15) is 6.92 Å². The van der Waals surface area contributed by atoms with Crippen LogP contribution < -0.4 is 0 Å². The van der Waals surface area contributed by atoms with E-state index in [1.54, 1.807) is 17.5 Å². The van der Waals surface area contributed by atoms with Crippen LogP contribution in [0.3, 0.4) is 0 Å². The molecule has 1 heterocycles. The van der Waals surface area contributed by atoms with Crippen LogP contribution in [0.2, 0.25) is 0 Å². The highest BCUT2D eigenvalue weighted by Crippen LogP contribution is 2.19. The fourth-order valence-corrected chi connectivity index (χ4v) is 3.90. The molecule has 0 amide bonds. The van der Waals surface area contributed by atoms with Gasteiger partial charge in [-0.3, -0.25) is 0 Å². The molecule has 74 valence electrons. The first kappa shape index (κ1) is 11.0. The van der Waals surface area contributed by atoms with Gasteiger partial charge >= 0.3 is 0 Å². The SMILES string of the molecule is CC(CCl)CS(=O)(=O)c1cccs1. The normalized spacial score (nSPS) is 14.3. The first-order valence-electron chi connectivity index (χ1n) is 3.88. The van der Waals surface area contributed by atoms with Gasteiger partial charge < -0.3 is 0 Å². The minimum atomic E-state index is -3.09. The number of rotatable bonds is 4. The first-order valence-corrected chi connectivity index (χ1v) is 6.95. The van der Waals surface area contributed by atoms with Gasteiger partial charge in [0.25, 0.3) is 0 Å². The van der Waals surface area contributed by atoms with Gasteiger partial charge in [-0.05, 0) is 17.4 Å². The Balaban J connectivity index is 2.79. The number of hydrogen-bond acceptors (Lipinski definition) is 3. The lowest BCUT2D eigenvalue weighted by atomic mass is 10.3. The third kappa shape index (κ3) is 2.97. The average Bonchev–Trinajstić information content (AvgIpc) is 2.55. The zero-order valence-electron chi connectivity index (χ0n) is 7.23. The molecule has 0 aromatic carbocycles. The lowest BCUT2D eigenvalue weighted by molar-refractivity contribution is 0.585. The second-order valence-corrected chi connectivity index (χ2v) is 6.49. The molecule has 0 spiro atoms. The minimum absolute atomic E-state index is 0.00812. The fraction of sp³-hybridized carbons (Fsp3) is 0.500. The largest absolute Gasteiger partial charge is 0.223 e. The fourth-order valence-electron chi connectivity index (χ4n) is 0.942. The quantitative estimate of drug-likeness (QED) is 0.755. The summed E-state index contributed by atoms with van der Waals surface area (Å²) in [5, 5.41) is 1.76. The summed E-state index contributed by atoms with van der Waals surface area (Å²) < 4.78 is 23.7. The van der Waals surface area contributed by atoms with Gasteiger partial charge in [0.05, 0.1) is 5.75 Å². The van der Waals surface area contributed by atoms with Gasteiger partial charge in [0.15, 0.2) is 9.84 Å². The molecule has 1 atom stereocenters. The molecule has 0 aliphatic heterocycles. The third-order valence-electron chi connectivity index (χ3n) is 1.57. The molecule has 0 N–H and O–H groups in total. The van der Waals surface area contributed by atoms with Crippen molar-refractivity contribution in [3.63, 3.8) is 0 Å². The van der Waals surface area contributed by atoms with Crippen molar-refractivity contribution in [2.24, 2.45) is 5.92 Å². The molecule has 5 heteroatoms. The highest BCUT2D eigenvalue weighted by molar-refractivity contribution is 7.93. The van der Waals surface area contributed by atoms with Crippen molar-refractivity contribution in [2.45, 2.75) is 11.1 Å². The summed E-state index contributed by atoms with van der Waals surface area (Å²) in [7, 11) is -3.09. The number of hydrogen-bond donors (Lipinski definition) is 0. The van der Waals surface area contributed by atoms with Gasteiger partial charge in [-0.15, -0.1) is 22.9 Å². The second-order valence-electron chi connectivity index (χ2n) is 2.97. The second kappa shape index (κ2) is 4.44. The summed E-state index contributed by atoms with van der Waals surface area (Å²) >= 11 is 6.81. The number of alkyl halides is 1. The number of sulfone groups is 1. The van der Waals surface area contributed by atoms with Crippen LogP contribution in [0.4, 0.5) is 0 Å².